The predicted octanol–water partition coefficient (Wildman–Crippen LogP) is 3.94. The van der Waals surface area contributed by atoms with Crippen LogP contribution in [0.15, 0.2) is 11.1 Å². The quantitative estimate of drug-likeness (QED) is 0.282. The minimum atomic E-state index is -1.37. The summed E-state index contributed by atoms with van der Waals surface area (Å²) in [6.45, 7) is 4.35. The summed E-state index contributed by atoms with van der Waals surface area (Å²) in [5.74, 6) is -3.33. The second-order valence-electron chi connectivity index (χ2n) is 5.84. The second kappa shape index (κ2) is 13.6. The molecular weight excluding hydrogens is 312 g/mol. The molecular formula is C18H30O6. The van der Waals surface area contributed by atoms with Gasteiger partial charge in [0.2, 0.25) is 0 Å². The van der Waals surface area contributed by atoms with E-state index in [0.717, 1.165) is 44.9 Å². The Bertz CT molecular complexity index is 439. The van der Waals surface area contributed by atoms with Crippen molar-refractivity contribution in [3.63, 3.8) is 0 Å². The predicted molar refractivity (Wildman–Crippen MR) is 90.8 cm³/mol. The van der Waals surface area contributed by atoms with Gasteiger partial charge in [-0.2, -0.15) is 0 Å². The molecule has 0 aromatic carbocycles. The molecule has 0 saturated carbocycles. The zero-order valence-corrected chi connectivity index (χ0v) is 14.8. The third-order valence-corrected chi connectivity index (χ3v) is 3.74. The number of ether oxygens (including phenoxy) is 1. The number of esters is 1. The summed E-state index contributed by atoms with van der Waals surface area (Å²) in [7, 11) is 0. The Hall–Kier alpha value is -1.85. The molecule has 2 N–H and O–H groups in total. The van der Waals surface area contributed by atoms with Crippen molar-refractivity contribution >= 4 is 17.9 Å². The summed E-state index contributed by atoms with van der Waals surface area (Å²) in [5, 5.41) is 18.5. The molecule has 0 aliphatic rings. The lowest BCUT2D eigenvalue weighted by Gasteiger charge is -2.09. The molecule has 0 unspecified atom stereocenters. The van der Waals surface area contributed by atoms with Crippen molar-refractivity contribution in [2.45, 2.75) is 78.1 Å². The molecule has 0 radical (unpaired) electrons. The first-order valence-corrected chi connectivity index (χ1v) is 8.78. The highest BCUT2D eigenvalue weighted by Gasteiger charge is 2.23. The van der Waals surface area contributed by atoms with E-state index in [9.17, 15) is 24.6 Å². The van der Waals surface area contributed by atoms with Crippen molar-refractivity contribution < 1.29 is 29.3 Å². The first-order valence-electron chi connectivity index (χ1n) is 8.78. The number of hydrogen-bond acceptors (Lipinski definition) is 4. The third-order valence-electron chi connectivity index (χ3n) is 3.74. The molecule has 0 aromatic rings. The number of aliphatic carboxylic acids is 2. The summed E-state index contributed by atoms with van der Waals surface area (Å²) >= 11 is 0. The molecule has 24 heavy (non-hydrogen) atoms. The van der Waals surface area contributed by atoms with Gasteiger partial charge in [0.1, 0.15) is 0 Å². The van der Waals surface area contributed by atoms with E-state index in [1.54, 1.807) is 0 Å². The van der Waals surface area contributed by atoms with Gasteiger partial charge in [-0.05, 0) is 19.3 Å². The van der Waals surface area contributed by atoms with E-state index < -0.39 is 24.3 Å². The minimum absolute atomic E-state index is 0.154. The number of rotatable bonds is 14. The number of hydrogen-bond donors (Lipinski definition) is 2. The Kier molecular flexibility index (Phi) is 12.5. The molecule has 0 heterocycles. The first kappa shape index (κ1) is 22.1. The molecule has 138 valence electrons. The van der Waals surface area contributed by atoms with Crippen LogP contribution in [0.4, 0.5) is 0 Å². The third kappa shape index (κ3) is 10.0. The van der Waals surface area contributed by atoms with Gasteiger partial charge >= 0.3 is 17.9 Å². The van der Waals surface area contributed by atoms with Gasteiger partial charge in [-0.1, -0.05) is 52.4 Å². The Morgan fingerprint density at radius 3 is 1.79 bits per heavy atom. The largest absolute Gasteiger partial charge is 0.478 e. The van der Waals surface area contributed by atoms with Crippen molar-refractivity contribution in [2.24, 2.45) is 0 Å². The Labute approximate surface area is 143 Å². The van der Waals surface area contributed by atoms with Gasteiger partial charge in [-0.25, -0.2) is 9.59 Å². The van der Waals surface area contributed by atoms with Crippen LogP contribution in [0.2, 0.25) is 0 Å². The van der Waals surface area contributed by atoms with Crippen LogP contribution in [0.25, 0.3) is 0 Å². The summed E-state index contributed by atoms with van der Waals surface area (Å²) in [5.41, 5.74) is -0.556. The van der Waals surface area contributed by atoms with E-state index in [0.29, 0.717) is 6.42 Å². The van der Waals surface area contributed by atoms with Gasteiger partial charge in [0.25, 0.3) is 0 Å². The highest BCUT2D eigenvalue weighted by Crippen LogP contribution is 2.18. The molecule has 0 atom stereocenters. The highest BCUT2D eigenvalue weighted by atomic mass is 16.5. The average molecular weight is 342 g/mol. The van der Waals surface area contributed by atoms with Crippen LogP contribution in [0, 0.1) is 0 Å². The number of unbranched alkanes of at least 4 members (excludes halogenated alkanes) is 6. The van der Waals surface area contributed by atoms with Crippen LogP contribution < -0.4 is 0 Å². The van der Waals surface area contributed by atoms with E-state index in [2.05, 4.69) is 6.92 Å². The maximum atomic E-state index is 11.8. The number of carbonyl (C=O) groups is 3. The van der Waals surface area contributed by atoms with E-state index in [4.69, 9.17) is 4.74 Å². The minimum Gasteiger partial charge on any atom is -0.478 e. The molecule has 0 rings (SSSR count). The molecule has 0 aliphatic heterocycles. The summed E-state index contributed by atoms with van der Waals surface area (Å²) in [6.07, 6.45) is 6.85. The molecule has 0 fully saturated rings. The maximum Gasteiger partial charge on any atom is 0.332 e. The van der Waals surface area contributed by atoms with Crippen LogP contribution in [0.5, 0.6) is 0 Å². The van der Waals surface area contributed by atoms with Crippen LogP contribution in [0.1, 0.15) is 78.1 Å². The molecule has 0 spiro atoms. The monoisotopic (exact) mass is 342 g/mol. The van der Waals surface area contributed by atoms with Gasteiger partial charge in [0.05, 0.1) is 18.6 Å². The van der Waals surface area contributed by atoms with E-state index in [-0.39, 0.29) is 24.2 Å². The van der Waals surface area contributed by atoms with Gasteiger partial charge in [-0.3, -0.25) is 4.79 Å². The van der Waals surface area contributed by atoms with E-state index in [1.807, 2.05) is 6.92 Å². The lowest BCUT2D eigenvalue weighted by molar-refractivity contribution is -0.145. The summed E-state index contributed by atoms with van der Waals surface area (Å²) in [6, 6.07) is 0. The van der Waals surface area contributed by atoms with Gasteiger partial charge in [-0.15, -0.1) is 0 Å². The molecule has 6 nitrogen and oxygen atoms in total. The maximum absolute atomic E-state index is 11.8. The summed E-state index contributed by atoms with van der Waals surface area (Å²) < 4.78 is 5.01. The topological polar surface area (TPSA) is 101 Å². The van der Waals surface area contributed by atoms with E-state index in [1.165, 1.54) is 0 Å². The lowest BCUT2D eigenvalue weighted by atomic mass is 9.99. The fraction of sp³-hybridized carbons (Fsp3) is 0.722. The number of carboxylic acids is 2. The van der Waals surface area contributed by atoms with E-state index >= 15 is 0 Å². The van der Waals surface area contributed by atoms with Crippen molar-refractivity contribution in [1.29, 1.82) is 0 Å². The van der Waals surface area contributed by atoms with Crippen LogP contribution in [-0.2, 0) is 19.1 Å². The second-order valence-corrected chi connectivity index (χ2v) is 5.84. The Morgan fingerprint density at radius 1 is 0.750 bits per heavy atom. The van der Waals surface area contributed by atoms with Crippen molar-refractivity contribution in [1.82, 2.24) is 0 Å². The summed E-state index contributed by atoms with van der Waals surface area (Å²) in [4.78, 5) is 34.5. The molecule has 0 aromatic heterocycles. The van der Waals surface area contributed by atoms with Gasteiger partial charge in [0.15, 0.2) is 0 Å². The van der Waals surface area contributed by atoms with Crippen LogP contribution >= 0.6 is 0 Å². The molecule has 0 amide bonds. The molecule has 6 heteroatoms. The standard InChI is InChI=1S/C18H30O6/c1-3-5-7-9-11-14(17(20)21)15(18(22)23)13-16(19)24-12-10-8-6-4-2/h3-13H2,1-2H3,(H,20,21)(H,22,23). The van der Waals surface area contributed by atoms with Crippen molar-refractivity contribution in [3.8, 4) is 0 Å². The molecule has 0 saturated heterocycles. The van der Waals surface area contributed by atoms with Crippen molar-refractivity contribution in [2.75, 3.05) is 6.61 Å². The molecule has 0 aliphatic carbocycles. The lowest BCUT2D eigenvalue weighted by Crippen LogP contribution is -2.16. The fourth-order valence-corrected chi connectivity index (χ4v) is 2.34. The Balaban J connectivity index is 4.71. The highest BCUT2D eigenvalue weighted by molar-refractivity contribution is 6.01. The fourth-order valence-electron chi connectivity index (χ4n) is 2.34. The van der Waals surface area contributed by atoms with Gasteiger partial charge in [0, 0.05) is 5.57 Å². The number of carboxylic acid groups (broad SMARTS) is 2. The zero-order valence-electron chi connectivity index (χ0n) is 14.8. The zero-order chi connectivity index (χ0) is 18.4. The van der Waals surface area contributed by atoms with Crippen molar-refractivity contribution in [3.05, 3.63) is 11.1 Å². The Morgan fingerprint density at radius 2 is 1.29 bits per heavy atom. The van der Waals surface area contributed by atoms with Crippen LogP contribution in [0.3, 0.4) is 0 Å². The normalized spacial score (nSPS) is 11.8. The molecule has 0 bridgehead atoms. The number of carbonyl (C=O) groups excluding carboxylic acids is 1. The first-order chi connectivity index (χ1) is 11.4. The van der Waals surface area contributed by atoms with Gasteiger partial charge < -0.3 is 14.9 Å². The average Bonchev–Trinajstić information content (AvgIpc) is 2.52. The smallest absolute Gasteiger partial charge is 0.332 e. The SMILES string of the molecule is CCCCCCOC(=O)CC(C(=O)O)=C(CCCCCC)C(=O)O. The van der Waals surface area contributed by atoms with Crippen LogP contribution in [-0.4, -0.2) is 34.7 Å².